The fraction of sp³-hybridized carbons (Fsp3) is 0.312. The maximum Gasteiger partial charge on any atom is 0.319 e. The molecule has 0 radical (unpaired) electrons. The zero-order chi connectivity index (χ0) is 19.1. The summed E-state index contributed by atoms with van der Waals surface area (Å²) >= 11 is 0.823. The van der Waals surface area contributed by atoms with Crippen LogP contribution < -0.4 is 21.1 Å². The second kappa shape index (κ2) is 9.11. The van der Waals surface area contributed by atoms with Crippen LogP contribution in [0.1, 0.15) is 27.9 Å². The SMILES string of the molecule is Cc1ccc(COc2nsc(NC(=O)NCCCO)c2C(N)=O)c(F)c1. The Morgan fingerprint density at radius 3 is 2.85 bits per heavy atom. The number of nitrogens with zero attached hydrogens (tertiary/aromatic N) is 1. The Balaban J connectivity index is 2.08. The first-order valence-corrected chi connectivity index (χ1v) is 8.52. The van der Waals surface area contributed by atoms with Gasteiger partial charge in [-0.15, -0.1) is 0 Å². The van der Waals surface area contributed by atoms with E-state index in [0.29, 0.717) is 12.0 Å². The van der Waals surface area contributed by atoms with Crippen molar-refractivity contribution in [1.29, 1.82) is 0 Å². The number of hydrogen-bond donors (Lipinski definition) is 4. The lowest BCUT2D eigenvalue weighted by Gasteiger charge is -2.08. The summed E-state index contributed by atoms with van der Waals surface area (Å²) in [5.41, 5.74) is 6.34. The van der Waals surface area contributed by atoms with Crippen LogP contribution in [0.4, 0.5) is 14.2 Å². The second-order valence-electron chi connectivity index (χ2n) is 5.40. The standard InChI is InChI=1S/C16H19FN4O4S/c1-9-3-4-10(11(17)7-9)8-25-14-12(13(18)23)15(26-21-14)20-16(24)19-5-2-6-22/h3-4,7,22H,2,5-6,8H2,1H3,(H2,18,23)(H2,19,20,24). The van der Waals surface area contributed by atoms with Crippen LogP contribution in [0.2, 0.25) is 0 Å². The van der Waals surface area contributed by atoms with Crippen molar-refractivity contribution in [3.05, 3.63) is 40.7 Å². The molecule has 0 saturated heterocycles. The number of aliphatic hydroxyl groups excluding tert-OH is 1. The van der Waals surface area contributed by atoms with E-state index in [4.69, 9.17) is 15.6 Å². The number of hydrogen-bond acceptors (Lipinski definition) is 6. The Labute approximate surface area is 153 Å². The molecule has 5 N–H and O–H groups in total. The minimum Gasteiger partial charge on any atom is -0.471 e. The number of halogens is 1. The van der Waals surface area contributed by atoms with Crippen LogP contribution in [-0.4, -0.2) is 34.6 Å². The highest BCUT2D eigenvalue weighted by Crippen LogP contribution is 2.30. The predicted octanol–water partition coefficient (Wildman–Crippen LogP) is 1.77. The number of carbonyl (C=O) groups is 2. The Morgan fingerprint density at radius 2 is 2.19 bits per heavy atom. The molecule has 3 amide bonds. The van der Waals surface area contributed by atoms with E-state index < -0.39 is 17.8 Å². The quantitative estimate of drug-likeness (QED) is 0.518. The molecule has 0 spiro atoms. The highest BCUT2D eigenvalue weighted by molar-refractivity contribution is 7.11. The normalized spacial score (nSPS) is 10.4. The fourth-order valence-electron chi connectivity index (χ4n) is 2.02. The number of primary amides is 1. The molecule has 0 bridgehead atoms. The summed E-state index contributed by atoms with van der Waals surface area (Å²) in [7, 11) is 0. The van der Waals surface area contributed by atoms with Crippen LogP contribution in [0, 0.1) is 12.7 Å². The smallest absolute Gasteiger partial charge is 0.319 e. The number of urea groups is 1. The first kappa shape index (κ1) is 19.6. The van der Waals surface area contributed by atoms with Crippen LogP contribution in [0.5, 0.6) is 5.88 Å². The third-order valence-corrected chi connectivity index (χ3v) is 4.07. The van der Waals surface area contributed by atoms with E-state index >= 15 is 0 Å². The van der Waals surface area contributed by atoms with Gasteiger partial charge in [0.1, 0.15) is 23.0 Å². The molecule has 1 heterocycles. The molecule has 0 unspecified atom stereocenters. The van der Waals surface area contributed by atoms with Crippen molar-refractivity contribution in [1.82, 2.24) is 9.69 Å². The Kier molecular flexibility index (Phi) is 6.87. The van der Waals surface area contributed by atoms with Crippen LogP contribution in [0.25, 0.3) is 0 Å². The number of ether oxygens (including phenoxy) is 1. The Morgan fingerprint density at radius 1 is 1.42 bits per heavy atom. The molecule has 0 atom stereocenters. The van der Waals surface area contributed by atoms with E-state index in [1.807, 2.05) is 0 Å². The van der Waals surface area contributed by atoms with Gasteiger partial charge in [0.05, 0.1) is 0 Å². The topological polar surface area (TPSA) is 127 Å². The molecule has 1 aromatic carbocycles. The van der Waals surface area contributed by atoms with Crippen molar-refractivity contribution in [2.45, 2.75) is 20.0 Å². The molecule has 2 rings (SSSR count). The third-order valence-electron chi connectivity index (χ3n) is 3.33. The van der Waals surface area contributed by atoms with Crippen LogP contribution in [0.3, 0.4) is 0 Å². The largest absolute Gasteiger partial charge is 0.471 e. The summed E-state index contributed by atoms with van der Waals surface area (Å²) in [4.78, 5) is 23.5. The van der Waals surface area contributed by atoms with Gasteiger partial charge < -0.3 is 20.9 Å². The number of amides is 3. The number of nitrogens with two attached hydrogens (primary N) is 1. The molecule has 0 aliphatic heterocycles. The number of anilines is 1. The van der Waals surface area contributed by atoms with Gasteiger partial charge in [-0.3, -0.25) is 10.1 Å². The van der Waals surface area contributed by atoms with Crippen LogP contribution >= 0.6 is 11.5 Å². The van der Waals surface area contributed by atoms with Crippen molar-refractivity contribution in [2.24, 2.45) is 5.73 Å². The number of aryl methyl sites for hydroxylation is 1. The van der Waals surface area contributed by atoms with Gasteiger partial charge in [-0.1, -0.05) is 12.1 Å². The van der Waals surface area contributed by atoms with Gasteiger partial charge in [0, 0.05) is 18.7 Å². The molecular weight excluding hydrogens is 363 g/mol. The van der Waals surface area contributed by atoms with E-state index in [2.05, 4.69) is 15.0 Å². The van der Waals surface area contributed by atoms with Gasteiger partial charge >= 0.3 is 6.03 Å². The van der Waals surface area contributed by atoms with Gasteiger partial charge in [-0.25, -0.2) is 9.18 Å². The van der Waals surface area contributed by atoms with E-state index in [1.54, 1.807) is 19.1 Å². The molecule has 26 heavy (non-hydrogen) atoms. The van der Waals surface area contributed by atoms with Crippen molar-refractivity contribution < 1.29 is 23.8 Å². The average molecular weight is 382 g/mol. The van der Waals surface area contributed by atoms with Crippen LogP contribution in [-0.2, 0) is 6.61 Å². The lowest BCUT2D eigenvalue weighted by molar-refractivity contribution is 0.0996. The summed E-state index contributed by atoms with van der Waals surface area (Å²) in [6.07, 6.45) is 0.398. The van der Waals surface area contributed by atoms with Crippen molar-refractivity contribution >= 4 is 28.5 Å². The first-order chi connectivity index (χ1) is 12.4. The predicted molar refractivity (Wildman–Crippen MR) is 94.8 cm³/mol. The summed E-state index contributed by atoms with van der Waals surface area (Å²) in [6, 6.07) is 4.12. The molecular formula is C16H19FN4O4S. The van der Waals surface area contributed by atoms with Crippen molar-refractivity contribution in [2.75, 3.05) is 18.5 Å². The van der Waals surface area contributed by atoms with Gasteiger partial charge in [0.15, 0.2) is 0 Å². The molecule has 0 saturated carbocycles. The fourth-order valence-corrected chi connectivity index (χ4v) is 2.76. The van der Waals surface area contributed by atoms with Gasteiger partial charge in [-0.05, 0) is 36.5 Å². The van der Waals surface area contributed by atoms with E-state index in [1.165, 1.54) is 6.07 Å². The minimum atomic E-state index is -0.830. The monoisotopic (exact) mass is 382 g/mol. The Hall–Kier alpha value is -2.72. The third kappa shape index (κ3) is 5.14. The van der Waals surface area contributed by atoms with Gasteiger partial charge in [0.2, 0.25) is 5.88 Å². The number of rotatable bonds is 8. The van der Waals surface area contributed by atoms with E-state index in [0.717, 1.165) is 17.1 Å². The maximum atomic E-state index is 13.9. The molecule has 0 aliphatic carbocycles. The summed E-state index contributed by atoms with van der Waals surface area (Å²) < 4.78 is 23.2. The van der Waals surface area contributed by atoms with Crippen molar-refractivity contribution in [3.8, 4) is 5.88 Å². The number of aromatic nitrogens is 1. The van der Waals surface area contributed by atoms with Gasteiger partial charge in [0.25, 0.3) is 5.91 Å². The van der Waals surface area contributed by atoms with E-state index in [9.17, 15) is 14.0 Å². The summed E-state index contributed by atoms with van der Waals surface area (Å²) in [6.45, 7) is 1.84. The lowest BCUT2D eigenvalue weighted by atomic mass is 10.1. The number of benzene rings is 1. The number of aliphatic hydroxyl groups is 1. The van der Waals surface area contributed by atoms with Crippen LogP contribution in [0.15, 0.2) is 18.2 Å². The lowest BCUT2D eigenvalue weighted by Crippen LogP contribution is -2.30. The first-order valence-electron chi connectivity index (χ1n) is 7.75. The molecule has 10 heteroatoms. The molecule has 140 valence electrons. The molecule has 1 aromatic heterocycles. The second-order valence-corrected chi connectivity index (χ2v) is 6.17. The zero-order valence-corrected chi connectivity index (χ0v) is 14.9. The van der Waals surface area contributed by atoms with E-state index in [-0.39, 0.29) is 36.2 Å². The molecule has 8 nitrogen and oxygen atoms in total. The highest BCUT2D eigenvalue weighted by atomic mass is 32.1. The number of carbonyl (C=O) groups excluding carboxylic acids is 2. The van der Waals surface area contributed by atoms with Crippen molar-refractivity contribution in [3.63, 3.8) is 0 Å². The molecule has 0 fully saturated rings. The molecule has 2 aromatic rings. The summed E-state index contributed by atoms with van der Waals surface area (Å²) in [5, 5.41) is 13.8. The average Bonchev–Trinajstić information content (AvgIpc) is 2.97. The highest BCUT2D eigenvalue weighted by Gasteiger charge is 2.22. The maximum absolute atomic E-state index is 13.9. The summed E-state index contributed by atoms with van der Waals surface area (Å²) in [5.74, 6) is -1.33. The van der Waals surface area contributed by atoms with Gasteiger partial charge in [-0.2, -0.15) is 4.37 Å². The number of nitrogens with one attached hydrogen (secondary N) is 2. The molecule has 0 aliphatic rings. The zero-order valence-electron chi connectivity index (χ0n) is 14.0. The Bertz CT molecular complexity index is 797. The minimum absolute atomic E-state index is 0.0546.